The third kappa shape index (κ3) is 2.25. The molecule has 1 aromatic heterocycles. The van der Waals surface area contributed by atoms with Crippen LogP contribution in [0.1, 0.15) is 11.3 Å². The highest BCUT2D eigenvalue weighted by atomic mass is 127. The minimum absolute atomic E-state index is 1.09. The van der Waals surface area contributed by atoms with Gasteiger partial charge in [-0.3, -0.25) is 4.98 Å². The molecule has 0 aliphatic rings. The first kappa shape index (κ1) is 7.98. The molecule has 0 saturated carbocycles. The minimum atomic E-state index is 1.09. The molecular weight excluding hydrogens is 237 g/mol. The fourth-order valence-electron chi connectivity index (χ4n) is 0.755. The number of hydrogen-bond acceptors (Lipinski definition) is 1. The van der Waals surface area contributed by atoms with Gasteiger partial charge in [-0.1, -0.05) is 28.7 Å². The van der Waals surface area contributed by atoms with Gasteiger partial charge in [0, 0.05) is 16.3 Å². The Morgan fingerprint density at radius 2 is 2.30 bits per heavy atom. The number of alkyl halides is 1. The smallest absolute Gasteiger partial charge is 0.0372 e. The van der Waals surface area contributed by atoms with Gasteiger partial charge in [0.25, 0.3) is 0 Å². The van der Waals surface area contributed by atoms with E-state index in [1.165, 1.54) is 9.99 Å². The maximum Gasteiger partial charge on any atom is 0.0372 e. The van der Waals surface area contributed by atoms with Gasteiger partial charge in [-0.05, 0) is 25.0 Å². The topological polar surface area (TPSA) is 12.9 Å². The van der Waals surface area contributed by atoms with Gasteiger partial charge < -0.3 is 0 Å². The molecule has 2 heteroatoms. The van der Waals surface area contributed by atoms with E-state index in [0.29, 0.717) is 0 Å². The Bertz CT molecular complexity index is 193. The Kier molecular flexibility index (Phi) is 3.12. The fraction of sp³-hybridized carbons (Fsp3) is 0.375. The molecule has 0 bridgehead atoms. The predicted octanol–water partition coefficient (Wildman–Crippen LogP) is 2.37. The number of nitrogens with zero attached hydrogens (tertiary/aromatic N) is 1. The molecule has 1 heterocycles. The van der Waals surface area contributed by atoms with Crippen molar-refractivity contribution in [3.05, 3.63) is 29.6 Å². The SMILES string of the molecule is Cc1ccc(CCI)cn1. The number of hydrogen-bond donors (Lipinski definition) is 0. The van der Waals surface area contributed by atoms with Crippen LogP contribution in [0.2, 0.25) is 0 Å². The number of aromatic nitrogens is 1. The van der Waals surface area contributed by atoms with E-state index in [1.807, 2.05) is 13.1 Å². The van der Waals surface area contributed by atoms with Crippen LogP contribution < -0.4 is 0 Å². The molecule has 54 valence electrons. The van der Waals surface area contributed by atoms with Crippen LogP contribution in [-0.4, -0.2) is 9.41 Å². The zero-order valence-corrected chi connectivity index (χ0v) is 8.13. The summed E-state index contributed by atoms with van der Waals surface area (Å²) in [6.07, 6.45) is 3.09. The van der Waals surface area contributed by atoms with Crippen LogP contribution in [-0.2, 0) is 6.42 Å². The molecule has 0 unspecified atom stereocenters. The van der Waals surface area contributed by atoms with Crippen molar-refractivity contribution in [1.29, 1.82) is 0 Å². The molecule has 0 atom stereocenters. The van der Waals surface area contributed by atoms with Crippen LogP contribution in [0.3, 0.4) is 0 Å². The van der Waals surface area contributed by atoms with E-state index in [2.05, 4.69) is 39.7 Å². The van der Waals surface area contributed by atoms with Crippen LogP contribution in [0.25, 0.3) is 0 Å². The first-order valence-electron chi connectivity index (χ1n) is 3.30. The second kappa shape index (κ2) is 3.91. The van der Waals surface area contributed by atoms with E-state index in [1.54, 1.807) is 0 Å². The van der Waals surface area contributed by atoms with Crippen molar-refractivity contribution in [2.75, 3.05) is 4.43 Å². The lowest BCUT2D eigenvalue weighted by Gasteiger charge is -1.95. The second-order valence-electron chi connectivity index (χ2n) is 2.25. The zero-order valence-electron chi connectivity index (χ0n) is 5.97. The summed E-state index contributed by atoms with van der Waals surface area (Å²) in [5.74, 6) is 0. The van der Waals surface area contributed by atoms with E-state index in [9.17, 15) is 0 Å². The normalized spacial score (nSPS) is 9.80. The number of pyridine rings is 1. The molecule has 0 aliphatic heterocycles. The summed E-state index contributed by atoms with van der Waals surface area (Å²) in [7, 11) is 0. The Labute approximate surface area is 75.0 Å². The molecule has 1 rings (SSSR count). The van der Waals surface area contributed by atoms with Crippen molar-refractivity contribution in [2.24, 2.45) is 0 Å². The Morgan fingerprint density at radius 1 is 1.50 bits per heavy atom. The van der Waals surface area contributed by atoms with E-state index in [0.717, 1.165) is 12.1 Å². The summed E-state index contributed by atoms with van der Waals surface area (Å²) in [5, 5.41) is 0. The van der Waals surface area contributed by atoms with Crippen LogP contribution in [0.15, 0.2) is 18.3 Å². The van der Waals surface area contributed by atoms with Crippen molar-refractivity contribution in [1.82, 2.24) is 4.98 Å². The first-order chi connectivity index (χ1) is 4.83. The van der Waals surface area contributed by atoms with E-state index in [4.69, 9.17) is 0 Å². The maximum absolute atomic E-state index is 4.19. The lowest BCUT2D eigenvalue weighted by molar-refractivity contribution is 1.10. The number of halogens is 1. The average molecular weight is 247 g/mol. The monoisotopic (exact) mass is 247 g/mol. The average Bonchev–Trinajstić information content (AvgIpc) is 1.95. The molecule has 0 amide bonds. The van der Waals surface area contributed by atoms with Gasteiger partial charge in [0.05, 0.1) is 0 Å². The summed E-state index contributed by atoms with van der Waals surface area (Å²) in [4.78, 5) is 4.19. The van der Waals surface area contributed by atoms with Gasteiger partial charge in [-0.2, -0.15) is 0 Å². The van der Waals surface area contributed by atoms with Crippen LogP contribution in [0.4, 0.5) is 0 Å². The van der Waals surface area contributed by atoms with Gasteiger partial charge in [0.15, 0.2) is 0 Å². The number of rotatable bonds is 2. The summed E-state index contributed by atoms with van der Waals surface area (Å²) < 4.78 is 1.17. The summed E-state index contributed by atoms with van der Waals surface area (Å²) in [5.41, 5.74) is 2.43. The molecule has 1 aromatic rings. The van der Waals surface area contributed by atoms with Gasteiger partial charge in [-0.25, -0.2) is 0 Å². The predicted molar refractivity (Wildman–Crippen MR) is 51.6 cm³/mol. The highest BCUT2D eigenvalue weighted by Gasteiger charge is 1.89. The highest BCUT2D eigenvalue weighted by Crippen LogP contribution is 2.01. The fourth-order valence-corrected chi connectivity index (χ4v) is 1.38. The van der Waals surface area contributed by atoms with E-state index < -0.39 is 0 Å². The Morgan fingerprint density at radius 3 is 2.80 bits per heavy atom. The van der Waals surface area contributed by atoms with Gasteiger partial charge in [-0.15, -0.1) is 0 Å². The van der Waals surface area contributed by atoms with Crippen molar-refractivity contribution in [2.45, 2.75) is 13.3 Å². The third-order valence-corrected chi connectivity index (χ3v) is 1.90. The molecule has 0 radical (unpaired) electrons. The lowest BCUT2D eigenvalue weighted by Crippen LogP contribution is -1.87. The largest absolute Gasteiger partial charge is 0.261 e. The van der Waals surface area contributed by atoms with Crippen LogP contribution in [0.5, 0.6) is 0 Å². The molecule has 1 nitrogen and oxygen atoms in total. The van der Waals surface area contributed by atoms with Crippen LogP contribution >= 0.6 is 22.6 Å². The second-order valence-corrected chi connectivity index (χ2v) is 3.33. The molecule has 0 spiro atoms. The Balaban J connectivity index is 2.69. The molecule has 0 aromatic carbocycles. The summed E-state index contributed by atoms with van der Waals surface area (Å²) in [6.45, 7) is 2.01. The quantitative estimate of drug-likeness (QED) is 0.577. The van der Waals surface area contributed by atoms with Crippen LogP contribution in [0, 0.1) is 6.92 Å². The molecule has 0 fully saturated rings. The number of aryl methyl sites for hydroxylation is 2. The minimum Gasteiger partial charge on any atom is -0.261 e. The standard InChI is InChI=1S/C8H10IN/c1-7-2-3-8(4-5-9)6-10-7/h2-3,6H,4-5H2,1H3. The van der Waals surface area contributed by atoms with Crippen molar-refractivity contribution >= 4 is 22.6 Å². The molecule has 0 aliphatic carbocycles. The maximum atomic E-state index is 4.19. The summed E-state index contributed by atoms with van der Waals surface area (Å²) in [6, 6.07) is 4.20. The van der Waals surface area contributed by atoms with Gasteiger partial charge in [0.2, 0.25) is 0 Å². The molecule has 0 saturated heterocycles. The van der Waals surface area contributed by atoms with Gasteiger partial charge in [0.1, 0.15) is 0 Å². The van der Waals surface area contributed by atoms with E-state index >= 15 is 0 Å². The van der Waals surface area contributed by atoms with Gasteiger partial charge >= 0.3 is 0 Å². The molecular formula is C8H10IN. The zero-order chi connectivity index (χ0) is 7.40. The lowest BCUT2D eigenvalue weighted by atomic mass is 10.2. The van der Waals surface area contributed by atoms with Crippen molar-refractivity contribution < 1.29 is 0 Å². The molecule has 10 heavy (non-hydrogen) atoms. The van der Waals surface area contributed by atoms with Crippen molar-refractivity contribution in [3.63, 3.8) is 0 Å². The third-order valence-electron chi connectivity index (χ3n) is 1.36. The Hall–Kier alpha value is -0.120. The van der Waals surface area contributed by atoms with Crippen molar-refractivity contribution in [3.8, 4) is 0 Å². The highest BCUT2D eigenvalue weighted by molar-refractivity contribution is 14.1. The van der Waals surface area contributed by atoms with E-state index in [-0.39, 0.29) is 0 Å². The first-order valence-corrected chi connectivity index (χ1v) is 4.83. The summed E-state index contributed by atoms with van der Waals surface area (Å²) >= 11 is 2.37. The molecule has 0 N–H and O–H groups in total.